The van der Waals surface area contributed by atoms with Crippen LogP contribution in [0.1, 0.15) is 30.4 Å². The number of carbonyl (C=O) groups is 1. The fraction of sp³-hybridized carbons (Fsp3) is 0.417. The highest BCUT2D eigenvalue weighted by Gasteiger charge is 2.18. The minimum absolute atomic E-state index is 0.0811. The van der Waals surface area contributed by atoms with Crippen molar-refractivity contribution in [2.75, 3.05) is 7.11 Å². The largest absolute Gasteiger partial charge is 0.496 e. The maximum absolute atomic E-state index is 10.7. The molecule has 88 valence electrons. The number of carboxylic acids is 1. The van der Waals surface area contributed by atoms with E-state index in [1.165, 1.54) is 0 Å². The molecule has 0 saturated carbocycles. The van der Waals surface area contributed by atoms with Gasteiger partial charge in [0.2, 0.25) is 0 Å². The standard InChI is InChI=1S/C12H15BrO3/c1-7-4-9(13)12(10(5-7)16-3)8(2)6-11(14)15/h4-5,8H,6H2,1-3H3,(H,14,15). The third kappa shape index (κ3) is 2.98. The molecule has 0 bridgehead atoms. The van der Waals surface area contributed by atoms with Gasteiger partial charge in [-0.25, -0.2) is 0 Å². The smallest absolute Gasteiger partial charge is 0.303 e. The number of hydrogen-bond acceptors (Lipinski definition) is 2. The van der Waals surface area contributed by atoms with E-state index in [2.05, 4.69) is 15.9 Å². The molecule has 1 aromatic rings. The Morgan fingerprint density at radius 1 is 1.56 bits per heavy atom. The molecule has 0 fully saturated rings. The molecule has 0 aliphatic heterocycles. The Labute approximate surface area is 104 Å². The van der Waals surface area contributed by atoms with Crippen LogP contribution in [-0.2, 0) is 4.79 Å². The van der Waals surface area contributed by atoms with Crippen LogP contribution in [0.25, 0.3) is 0 Å². The molecule has 0 amide bonds. The molecule has 0 saturated heterocycles. The van der Waals surface area contributed by atoms with Gasteiger partial charge < -0.3 is 9.84 Å². The van der Waals surface area contributed by atoms with E-state index in [0.717, 1.165) is 21.3 Å². The van der Waals surface area contributed by atoms with E-state index in [4.69, 9.17) is 9.84 Å². The van der Waals surface area contributed by atoms with Crippen LogP contribution in [0.2, 0.25) is 0 Å². The van der Waals surface area contributed by atoms with Gasteiger partial charge in [0.1, 0.15) is 5.75 Å². The molecule has 0 spiro atoms. The third-order valence-corrected chi connectivity index (χ3v) is 3.09. The molecule has 4 heteroatoms. The summed E-state index contributed by atoms with van der Waals surface area (Å²) in [6, 6.07) is 3.88. The molecule has 1 unspecified atom stereocenters. The topological polar surface area (TPSA) is 46.5 Å². The van der Waals surface area contributed by atoms with Crippen molar-refractivity contribution in [1.82, 2.24) is 0 Å². The zero-order chi connectivity index (χ0) is 12.3. The molecule has 1 rings (SSSR count). The fourth-order valence-electron chi connectivity index (χ4n) is 1.73. The van der Waals surface area contributed by atoms with E-state index in [1.807, 2.05) is 26.0 Å². The summed E-state index contributed by atoms with van der Waals surface area (Å²) in [4.78, 5) is 10.7. The quantitative estimate of drug-likeness (QED) is 0.923. The van der Waals surface area contributed by atoms with E-state index in [-0.39, 0.29) is 12.3 Å². The van der Waals surface area contributed by atoms with Crippen LogP contribution < -0.4 is 4.74 Å². The number of halogens is 1. The number of methoxy groups -OCH3 is 1. The fourth-order valence-corrected chi connectivity index (χ4v) is 2.68. The maximum atomic E-state index is 10.7. The van der Waals surface area contributed by atoms with Crippen molar-refractivity contribution in [3.8, 4) is 5.75 Å². The molecule has 0 aromatic heterocycles. The first-order chi connectivity index (χ1) is 7.45. The van der Waals surface area contributed by atoms with Crippen molar-refractivity contribution >= 4 is 21.9 Å². The summed E-state index contributed by atoms with van der Waals surface area (Å²) in [6.07, 6.45) is 0.0953. The van der Waals surface area contributed by atoms with E-state index in [9.17, 15) is 4.79 Å². The van der Waals surface area contributed by atoms with E-state index >= 15 is 0 Å². The lowest BCUT2D eigenvalue weighted by Gasteiger charge is -2.16. The normalized spacial score (nSPS) is 12.2. The van der Waals surface area contributed by atoms with Gasteiger partial charge in [-0.05, 0) is 30.5 Å². The van der Waals surface area contributed by atoms with Crippen LogP contribution in [0.3, 0.4) is 0 Å². The Balaban J connectivity index is 3.15. The van der Waals surface area contributed by atoms with E-state index in [1.54, 1.807) is 7.11 Å². The van der Waals surface area contributed by atoms with Gasteiger partial charge in [-0.2, -0.15) is 0 Å². The number of carboxylic acid groups (broad SMARTS) is 1. The maximum Gasteiger partial charge on any atom is 0.303 e. The Hall–Kier alpha value is -1.03. The van der Waals surface area contributed by atoms with Gasteiger partial charge >= 0.3 is 5.97 Å². The summed E-state index contributed by atoms with van der Waals surface area (Å²) >= 11 is 3.46. The van der Waals surface area contributed by atoms with Gasteiger partial charge in [-0.3, -0.25) is 4.79 Å². The van der Waals surface area contributed by atoms with Crippen molar-refractivity contribution < 1.29 is 14.6 Å². The molecule has 0 radical (unpaired) electrons. The second kappa shape index (κ2) is 5.34. The number of hydrogen-bond donors (Lipinski definition) is 1. The molecule has 1 aromatic carbocycles. The van der Waals surface area contributed by atoms with Crippen LogP contribution in [0.4, 0.5) is 0 Å². The highest BCUT2D eigenvalue weighted by Crippen LogP contribution is 2.36. The predicted molar refractivity (Wildman–Crippen MR) is 66.1 cm³/mol. The highest BCUT2D eigenvalue weighted by molar-refractivity contribution is 9.10. The molecule has 3 nitrogen and oxygen atoms in total. The Kier molecular flexibility index (Phi) is 4.35. The summed E-state index contributed by atoms with van der Waals surface area (Å²) < 4.78 is 6.19. The van der Waals surface area contributed by atoms with Crippen molar-refractivity contribution in [2.45, 2.75) is 26.2 Å². The van der Waals surface area contributed by atoms with Crippen molar-refractivity contribution in [2.24, 2.45) is 0 Å². The Morgan fingerprint density at radius 3 is 2.69 bits per heavy atom. The zero-order valence-corrected chi connectivity index (χ0v) is 11.2. The molecular formula is C12H15BrO3. The average molecular weight is 287 g/mol. The number of aryl methyl sites for hydroxylation is 1. The van der Waals surface area contributed by atoms with Crippen LogP contribution in [-0.4, -0.2) is 18.2 Å². The number of rotatable bonds is 4. The van der Waals surface area contributed by atoms with Crippen molar-refractivity contribution in [3.05, 3.63) is 27.7 Å². The average Bonchev–Trinajstić information content (AvgIpc) is 2.14. The van der Waals surface area contributed by atoms with Crippen LogP contribution in [0, 0.1) is 6.92 Å². The lowest BCUT2D eigenvalue weighted by molar-refractivity contribution is -0.137. The zero-order valence-electron chi connectivity index (χ0n) is 9.58. The van der Waals surface area contributed by atoms with Crippen molar-refractivity contribution in [3.63, 3.8) is 0 Å². The summed E-state index contributed by atoms with van der Waals surface area (Å²) in [5.41, 5.74) is 1.99. The minimum Gasteiger partial charge on any atom is -0.496 e. The van der Waals surface area contributed by atoms with Gasteiger partial charge in [0.25, 0.3) is 0 Å². The van der Waals surface area contributed by atoms with Crippen molar-refractivity contribution in [1.29, 1.82) is 0 Å². The lowest BCUT2D eigenvalue weighted by atomic mass is 9.96. The van der Waals surface area contributed by atoms with E-state index < -0.39 is 5.97 Å². The SMILES string of the molecule is COc1cc(C)cc(Br)c1C(C)CC(=O)O. The molecule has 1 N–H and O–H groups in total. The molecule has 0 heterocycles. The Bertz CT molecular complexity index is 401. The first kappa shape index (κ1) is 13.0. The highest BCUT2D eigenvalue weighted by atomic mass is 79.9. The molecule has 0 aliphatic carbocycles. The van der Waals surface area contributed by atoms with E-state index in [0.29, 0.717) is 0 Å². The lowest BCUT2D eigenvalue weighted by Crippen LogP contribution is -2.05. The molecule has 0 aliphatic rings. The monoisotopic (exact) mass is 286 g/mol. The van der Waals surface area contributed by atoms with Gasteiger partial charge in [0.05, 0.1) is 13.5 Å². The summed E-state index contributed by atoms with van der Waals surface area (Å²) in [6.45, 7) is 3.85. The second-order valence-electron chi connectivity index (χ2n) is 3.86. The molecule has 16 heavy (non-hydrogen) atoms. The number of benzene rings is 1. The molecular weight excluding hydrogens is 272 g/mol. The van der Waals surface area contributed by atoms with Crippen LogP contribution in [0.5, 0.6) is 5.75 Å². The first-order valence-corrected chi connectivity index (χ1v) is 5.80. The van der Waals surface area contributed by atoms with Gasteiger partial charge in [0.15, 0.2) is 0 Å². The summed E-state index contributed by atoms with van der Waals surface area (Å²) in [5.74, 6) is -0.148. The minimum atomic E-state index is -0.804. The number of ether oxygens (including phenoxy) is 1. The second-order valence-corrected chi connectivity index (χ2v) is 4.72. The van der Waals surface area contributed by atoms with Gasteiger partial charge in [-0.15, -0.1) is 0 Å². The first-order valence-electron chi connectivity index (χ1n) is 5.01. The van der Waals surface area contributed by atoms with Gasteiger partial charge in [0, 0.05) is 10.0 Å². The van der Waals surface area contributed by atoms with Crippen LogP contribution in [0.15, 0.2) is 16.6 Å². The predicted octanol–water partition coefficient (Wildman–Crippen LogP) is 3.34. The van der Waals surface area contributed by atoms with Crippen LogP contribution >= 0.6 is 15.9 Å². The molecule has 1 atom stereocenters. The van der Waals surface area contributed by atoms with Gasteiger partial charge in [-0.1, -0.05) is 22.9 Å². The third-order valence-electron chi connectivity index (χ3n) is 2.43. The summed E-state index contributed by atoms with van der Waals surface area (Å²) in [7, 11) is 1.60. The number of aliphatic carboxylic acids is 1. The Morgan fingerprint density at radius 2 is 2.19 bits per heavy atom. The summed E-state index contributed by atoms with van der Waals surface area (Å²) in [5, 5.41) is 8.80.